The van der Waals surface area contributed by atoms with Crippen LogP contribution in [0.4, 0.5) is 0 Å². The maximum Gasteiger partial charge on any atom is 0.0811 e. The highest BCUT2D eigenvalue weighted by Crippen LogP contribution is 2.60. The highest BCUT2D eigenvalue weighted by atomic mass is 16.3. The van der Waals surface area contributed by atoms with Crippen LogP contribution in [0.25, 0.3) is 0 Å². The van der Waals surface area contributed by atoms with Gasteiger partial charge < -0.3 is 15.3 Å². The van der Waals surface area contributed by atoms with Crippen molar-refractivity contribution in [3.8, 4) is 0 Å². The van der Waals surface area contributed by atoms with E-state index in [9.17, 15) is 15.3 Å². The summed E-state index contributed by atoms with van der Waals surface area (Å²) < 4.78 is 45.3. The quantitative estimate of drug-likeness (QED) is 0.423. The minimum atomic E-state index is -2.95. The number of aliphatic hydroxyl groups excluding tert-OH is 2. The number of aliphatic hydroxyl groups is 3. The first kappa shape index (κ1) is 17.6. The molecule has 0 aliphatic heterocycles. The first-order valence-electron chi connectivity index (χ1n) is 15.2. The van der Waals surface area contributed by atoms with E-state index < -0.39 is 31.5 Å². The summed E-state index contributed by atoms with van der Waals surface area (Å²) in [5.41, 5.74) is 0.605. The first-order chi connectivity index (χ1) is 17.0. The van der Waals surface area contributed by atoms with Gasteiger partial charge in [-0.15, -0.1) is 0 Å². The van der Waals surface area contributed by atoms with Crippen LogP contribution < -0.4 is 0 Å². The van der Waals surface area contributed by atoms with Gasteiger partial charge in [0.25, 0.3) is 0 Å². The lowest BCUT2D eigenvalue weighted by Crippen LogP contribution is -2.36. The van der Waals surface area contributed by atoms with Gasteiger partial charge in [0, 0.05) is 14.6 Å². The molecule has 3 aliphatic rings. The summed E-state index contributed by atoms with van der Waals surface area (Å²) in [6.45, 7) is 2.80. The summed E-state index contributed by atoms with van der Waals surface area (Å²) >= 11 is 0. The largest absolute Gasteiger partial charge is 0.393 e. The van der Waals surface area contributed by atoms with Gasteiger partial charge in [-0.2, -0.15) is 0 Å². The van der Waals surface area contributed by atoms with E-state index in [1.165, 1.54) is 12.0 Å². The van der Waals surface area contributed by atoms with Crippen molar-refractivity contribution >= 4 is 0 Å². The molecule has 3 heteroatoms. The molecule has 3 aliphatic carbocycles. The Bertz CT molecular complexity index is 875. The molecule has 3 rings (SSSR count). The summed E-state index contributed by atoms with van der Waals surface area (Å²) in [6, 6.07) is 0. The monoisotopic (exact) mass is 436 g/mol. The molecule has 6 atom stereocenters. The Morgan fingerprint density at radius 2 is 2.03 bits per heavy atom. The molecule has 0 aromatic carbocycles. The molecule has 0 unspecified atom stereocenters. The maximum absolute atomic E-state index is 10.5. The van der Waals surface area contributed by atoms with Crippen molar-refractivity contribution in [3.05, 3.63) is 35.5 Å². The number of allylic oxidation sites excluding steroid dienone is 3. The van der Waals surface area contributed by atoms with Crippen molar-refractivity contribution in [2.24, 2.45) is 23.2 Å². The zero-order valence-corrected chi connectivity index (χ0v) is 19.4. The van der Waals surface area contributed by atoms with Crippen molar-refractivity contribution in [3.63, 3.8) is 0 Å². The molecular weight excluding hydrogens is 384 g/mol. The van der Waals surface area contributed by atoms with Crippen molar-refractivity contribution in [2.75, 3.05) is 0 Å². The number of hydrogen-bond acceptors (Lipinski definition) is 3. The van der Waals surface area contributed by atoms with Crippen LogP contribution in [0.3, 0.4) is 0 Å². The predicted octanol–water partition coefficient (Wildman–Crippen LogP) is 6.09. The third-order valence-electron chi connectivity index (χ3n) is 8.44. The van der Waals surface area contributed by atoms with Crippen LogP contribution in [0.2, 0.25) is 0 Å². The summed E-state index contributed by atoms with van der Waals surface area (Å²) in [5.74, 6) is 1.45. The number of fused-ring (bicyclic) bond motifs is 1. The van der Waals surface area contributed by atoms with E-state index in [0.717, 1.165) is 37.7 Å². The highest BCUT2D eigenvalue weighted by molar-refractivity contribution is 5.38. The van der Waals surface area contributed by atoms with E-state index in [-0.39, 0.29) is 11.8 Å². The molecule has 0 aromatic rings. The predicted molar refractivity (Wildman–Crippen MR) is 129 cm³/mol. The van der Waals surface area contributed by atoms with E-state index in [1.807, 2.05) is 0 Å². The summed E-state index contributed by atoms with van der Waals surface area (Å²) in [5, 5.41) is 30.7. The smallest absolute Gasteiger partial charge is 0.0811 e. The second-order valence-electron chi connectivity index (χ2n) is 10.7. The fraction of sp³-hybridized carbons (Fsp3) is 0.786. The Morgan fingerprint density at radius 3 is 2.77 bits per heavy atom. The van der Waals surface area contributed by atoms with E-state index in [4.69, 9.17) is 8.22 Å². The molecule has 0 aromatic heterocycles. The van der Waals surface area contributed by atoms with Crippen molar-refractivity contribution in [1.82, 2.24) is 0 Å². The lowest BCUT2D eigenvalue weighted by molar-refractivity contribution is 0.0650. The van der Waals surface area contributed by atoms with E-state index in [0.29, 0.717) is 49.0 Å². The van der Waals surface area contributed by atoms with Gasteiger partial charge in [-0.1, -0.05) is 57.4 Å². The van der Waals surface area contributed by atoms with E-state index in [2.05, 4.69) is 32.6 Å². The Kier molecular flexibility index (Phi) is 5.63. The number of hydrogen-bond donors (Lipinski definition) is 3. The maximum atomic E-state index is 10.5. The Morgan fingerprint density at radius 1 is 1.26 bits per heavy atom. The number of unbranched alkanes of at least 4 members (excludes halogenated alkanes) is 1. The van der Waals surface area contributed by atoms with Crippen LogP contribution in [-0.4, -0.2) is 33.1 Å². The minimum absolute atomic E-state index is 0.183. The topological polar surface area (TPSA) is 60.7 Å². The molecule has 3 fully saturated rings. The van der Waals surface area contributed by atoms with Gasteiger partial charge in [-0.05, 0) is 93.0 Å². The van der Waals surface area contributed by atoms with Gasteiger partial charge >= 0.3 is 0 Å². The van der Waals surface area contributed by atoms with Gasteiger partial charge in [0.1, 0.15) is 0 Å². The lowest BCUT2D eigenvalue weighted by Gasteiger charge is -2.44. The van der Waals surface area contributed by atoms with Crippen LogP contribution >= 0.6 is 0 Å². The molecule has 0 saturated heterocycles. The molecule has 176 valence electrons. The van der Waals surface area contributed by atoms with Gasteiger partial charge in [0.2, 0.25) is 0 Å². The van der Waals surface area contributed by atoms with Gasteiger partial charge in [-0.25, -0.2) is 0 Å². The molecule has 31 heavy (non-hydrogen) atoms. The van der Waals surface area contributed by atoms with Crippen LogP contribution in [-0.2, 0) is 0 Å². The van der Waals surface area contributed by atoms with Gasteiger partial charge in [-0.3, -0.25) is 0 Å². The van der Waals surface area contributed by atoms with E-state index >= 15 is 0 Å². The molecule has 0 bridgehead atoms. The normalized spacial score (nSPS) is 41.6. The Labute approximate surface area is 198 Å². The molecule has 3 N–H and O–H groups in total. The second-order valence-corrected chi connectivity index (χ2v) is 10.7. The second kappa shape index (κ2) is 9.93. The zero-order chi connectivity index (χ0) is 27.8. The van der Waals surface area contributed by atoms with Crippen molar-refractivity contribution < 1.29 is 23.5 Å². The van der Waals surface area contributed by atoms with Crippen molar-refractivity contribution in [2.45, 2.75) is 116 Å². The molecule has 0 radical (unpaired) electrons. The van der Waals surface area contributed by atoms with Crippen molar-refractivity contribution in [1.29, 1.82) is 0 Å². The summed E-state index contributed by atoms with van der Waals surface area (Å²) in [7, 11) is 0. The van der Waals surface area contributed by atoms with Crippen LogP contribution in [0, 0.1) is 23.2 Å². The number of rotatable bonds is 7. The molecule has 0 heterocycles. The minimum Gasteiger partial charge on any atom is -0.393 e. The van der Waals surface area contributed by atoms with Crippen LogP contribution in [0.15, 0.2) is 35.5 Å². The summed E-state index contributed by atoms with van der Waals surface area (Å²) in [6.07, 6.45) is 11.2. The Hall–Kier alpha value is -0.900. The fourth-order valence-electron chi connectivity index (χ4n) is 6.73. The van der Waals surface area contributed by atoms with Crippen LogP contribution in [0.5, 0.6) is 0 Å². The fourth-order valence-corrected chi connectivity index (χ4v) is 6.73. The van der Waals surface area contributed by atoms with Gasteiger partial charge in [0.15, 0.2) is 0 Å². The molecule has 0 spiro atoms. The zero-order valence-electron chi connectivity index (χ0n) is 25.4. The molecule has 0 amide bonds. The van der Waals surface area contributed by atoms with Crippen LogP contribution in [0.1, 0.15) is 106 Å². The third-order valence-corrected chi connectivity index (χ3v) is 8.44. The first-order valence-corrected chi connectivity index (χ1v) is 12.2. The Balaban J connectivity index is 1.63. The standard InChI is InChI=1S/C28H46O3/c1-19(9-6-7-15-27(3,4)31)24-13-14-25-21(10-8-16-28(24,25)5)11-12-22-17-23(29)18-26(30)20(22)2/h11-12,19,23-26,29-31H,2,6-10,13-18H2,1,3-5H3/b21-11+,22-12-/t19-,23-,24-,25+,26+,28-/m1/s1/i3D3,4D3. The molecule has 3 saturated carbocycles. The SMILES string of the molecule is [2H]C([2H])([2H])C(O)(CCCC[C@@H](C)[C@H]1CC[C@H]2/C(=C/C=C3/C[C@@H](O)C[C@H](O)C3=C)CCC[C@]12C)C([2H])([2H])[2H]. The average Bonchev–Trinajstić information content (AvgIpc) is 3.13. The highest BCUT2D eigenvalue weighted by Gasteiger charge is 2.50. The average molecular weight is 437 g/mol. The lowest BCUT2D eigenvalue weighted by atomic mass is 9.60. The van der Waals surface area contributed by atoms with E-state index in [1.54, 1.807) is 0 Å². The summed E-state index contributed by atoms with van der Waals surface area (Å²) in [4.78, 5) is 0. The third kappa shape index (κ3) is 5.92. The molecular formula is C28H46O3. The molecule has 3 nitrogen and oxygen atoms in total. The van der Waals surface area contributed by atoms with Gasteiger partial charge in [0.05, 0.1) is 17.8 Å².